The summed E-state index contributed by atoms with van der Waals surface area (Å²) in [5, 5.41) is 3.47. The van der Waals surface area contributed by atoms with Gasteiger partial charge in [-0.3, -0.25) is 9.69 Å². The summed E-state index contributed by atoms with van der Waals surface area (Å²) in [4.78, 5) is 17.2. The highest BCUT2D eigenvalue weighted by Crippen LogP contribution is 2.27. The van der Waals surface area contributed by atoms with Crippen LogP contribution in [0.3, 0.4) is 0 Å². The first-order chi connectivity index (χ1) is 13.0. The highest BCUT2D eigenvalue weighted by molar-refractivity contribution is 7.91. The molecule has 29 heavy (non-hydrogen) atoms. The number of carbonyl (C=O) groups excluding carboxylic acids is 1. The van der Waals surface area contributed by atoms with Gasteiger partial charge in [0.2, 0.25) is 0 Å². The Morgan fingerprint density at radius 2 is 1.62 bits per heavy atom. The molecule has 3 heterocycles. The lowest BCUT2D eigenvalue weighted by Crippen LogP contribution is -2.39. The van der Waals surface area contributed by atoms with Crippen molar-refractivity contribution in [1.82, 2.24) is 15.1 Å². The molecule has 164 valence electrons. The van der Waals surface area contributed by atoms with Crippen LogP contribution in [-0.2, 0) is 16.4 Å². The van der Waals surface area contributed by atoms with E-state index < -0.39 is 9.84 Å². The average molecular weight is 464 g/mol. The molecule has 6 nitrogen and oxygen atoms in total. The number of benzene rings is 1. The number of amides is 1. The molecule has 2 atom stereocenters. The Hall–Kier alpha value is -0.860. The van der Waals surface area contributed by atoms with Crippen molar-refractivity contribution in [2.45, 2.75) is 19.4 Å². The summed E-state index contributed by atoms with van der Waals surface area (Å²) in [7, 11) is -2.86. The van der Waals surface area contributed by atoms with Gasteiger partial charge in [0.1, 0.15) is 0 Å². The van der Waals surface area contributed by atoms with E-state index in [9.17, 15) is 13.2 Å². The number of hydrogen-bond donors (Lipinski definition) is 1. The van der Waals surface area contributed by atoms with Crippen LogP contribution < -0.4 is 5.32 Å². The van der Waals surface area contributed by atoms with Crippen molar-refractivity contribution in [1.29, 1.82) is 0 Å². The number of likely N-dealkylation sites (tertiary alicyclic amines) is 1. The zero-order valence-electron chi connectivity index (χ0n) is 16.6. The summed E-state index contributed by atoms with van der Waals surface area (Å²) in [6.45, 7) is 5.71. The zero-order chi connectivity index (χ0) is 18.9. The lowest BCUT2D eigenvalue weighted by atomic mass is 9.92. The van der Waals surface area contributed by atoms with E-state index in [0.717, 1.165) is 50.1 Å². The van der Waals surface area contributed by atoms with Gasteiger partial charge in [-0.05, 0) is 55.5 Å². The highest BCUT2D eigenvalue weighted by Gasteiger charge is 2.31. The summed E-state index contributed by atoms with van der Waals surface area (Å²) in [6.07, 6.45) is 2.18. The van der Waals surface area contributed by atoms with Gasteiger partial charge in [-0.15, -0.1) is 24.8 Å². The maximum Gasteiger partial charge on any atom is 0.253 e. The first kappa shape index (κ1) is 24.4. The maximum atomic E-state index is 13.0. The number of fused-ring (bicyclic) bond motifs is 1. The molecular formula is C20H31Cl2N3O3S. The summed E-state index contributed by atoms with van der Waals surface area (Å²) in [6, 6.07) is 7.86. The molecule has 1 aromatic rings. The fourth-order valence-electron chi connectivity index (χ4n) is 4.57. The van der Waals surface area contributed by atoms with Crippen molar-refractivity contribution in [3.05, 3.63) is 35.4 Å². The van der Waals surface area contributed by atoms with Crippen molar-refractivity contribution >= 4 is 40.6 Å². The van der Waals surface area contributed by atoms with Crippen LogP contribution in [0.1, 0.15) is 28.8 Å². The van der Waals surface area contributed by atoms with Crippen molar-refractivity contribution in [2.75, 3.05) is 50.8 Å². The standard InChI is InChI=1S/C20H29N3O3S.2ClH/c24-20(23-6-4-18-13-21-14-19(18)5-7-23)17-3-1-2-16(12-17)15-22-8-10-27(25,26)11-9-22;;/h1-3,12,18-19,21H,4-11,13-15H2;2*1H/t18-,19+;;. The largest absolute Gasteiger partial charge is 0.339 e. The molecule has 0 aliphatic carbocycles. The normalized spacial score (nSPS) is 26.6. The first-order valence-electron chi connectivity index (χ1n) is 10.0. The number of nitrogens with zero attached hydrogens (tertiary/aromatic N) is 2. The van der Waals surface area contributed by atoms with E-state index in [1.165, 1.54) is 0 Å². The van der Waals surface area contributed by atoms with E-state index in [2.05, 4.69) is 10.2 Å². The van der Waals surface area contributed by atoms with Crippen molar-refractivity contribution in [3.8, 4) is 0 Å². The van der Waals surface area contributed by atoms with Gasteiger partial charge in [0.15, 0.2) is 9.84 Å². The van der Waals surface area contributed by atoms with Crippen molar-refractivity contribution in [3.63, 3.8) is 0 Å². The van der Waals surface area contributed by atoms with Crippen LogP contribution >= 0.6 is 24.8 Å². The van der Waals surface area contributed by atoms with Crippen LogP contribution in [0.15, 0.2) is 24.3 Å². The quantitative estimate of drug-likeness (QED) is 0.740. The molecule has 1 amide bonds. The summed E-state index contributed by atoms with van der Waals surface area (Å²) < 4.78 is 23.2. The summed E-state index contributed by atoms with van der Waals surface area (Å²) in [5.41, 5.74) is 1.83. The van der Waals surface area contributed by atoms with Crippen molar-refractivity contribution in [2.24, 2.45) is 11.8 Å². The molecule has 0 saturated carbocycles. The second-order valence-corrected chi connectivity index (χ2v) is 10.5. The molecule has 0 aromatic heterocycles. The Balaban J connectivity index is 0.00000150. The van der Waals surface area contributed by atoms with Gasteiger partial charge in [-0.2, -0.15) is 0 Å². The van der Waals surface area contributed by atoms with E-state index in [1.54, 1.807) is 0 Å². The minimum Gasteiger partial charge on any atom is -0.339 e. The predicted molar refractivity (Wildman–Crippen MR) is 120 cm³/mol. The van der Waals surface area contributed by atoms with Crippen LogP contribution in [0, 0.1) is 11.8 Å². The Morgan fingerprint density at radius 3 is 2.24 bits per heavy atom. The van der Waals surface area contributed by atoms with Crippen LogP contribution in [-0.4, -0.2) is 74.9 Å². The van der Waals surface area contributed by atoms with Gasteiger partial charge in [0.05, 0.1) is 11.5 Å². The van der Waals surface area contributed by atoms with Gasteiger partial charge in [-0.25, -0.2) is 8.42 Å². The predicted octanol–water partition coefficient (Wildman–Crippen LogP) is 1.83. The fourth-order valence-corrected chi connectivity index (χ4v) is 5.85. The lowest BCUT2D eigenvalue weighted by Gasteiger charge is -2.27. The van der Waals surface area contributed by atoms with Crippen LogP contribution in [0.4, 0.5) is 0 Å². The lowest BCUT2D eigenvalue weighted by molar-refractivity contribution is 0.0758. The number of sulfone groups is 1. The van der Waals surface area contributed by atoms with E-state index in [4.69, 9.17) is 0 Å². The van der Waals surface area contributed by atoms with Gasteiger partial charge in [-0.1, -0.05) is 12.1 Å². The third-order valence-electron chi connectivity index (χ3n) is 6.32. The van der Waals surface area contributed by atoms with Gasteiger partial charge in [0, 0.05) is 38.3 Å². The van der Waals surface area contributed by atoms with E-state index in [-0.39, 0.29) is 42.2 Å². The molecule has 0 bridgehead atoms. The third kappa shape index (κ3) is 6.07. The number of rotatable bonds is 3. The molecule has 3 aliphatic heterocycles. The van der Waals surface area contributed by atoms with Crippen LogP contribution in [0.25, 0.3) is 0 Å². The van der Waals surface area contributed by atoms with E-state index in [1.807, 2.05) is 29.2 Å². The molecule has 4 rings (SSSR count). The maximum absolute atomic E-state index is 13.0. The molecule has 9 heteroatoms. The number of halogens is 2. The van der Waals surface area contributed by atoms with E-state index >= 15 is 0 Å². The molecule has 3 saturated heterocycles. The average Bonchev–Trinajstić information content (AvgIpc) is 3.02. The smallest absolute Gasteiger partial charge is 0.253 e. The molecular weight excluding hydrogens is 433 g/mol. The molecule has 1 aromatic carbocycles. The molecule has 3 fully saturated rings. The number of nitrogens with one attached hydrogen (secondary N) is 1. The zero-order valence-corrected chi connectivity index (χ0v) is 19.0. The SMILES string of the molecule is Cl.Cl.O=C(c1cccc(CN2CCS(=O)(=O)CC2)c1)N1CC[C@@H]2CNC[C@@H]2CC1. The Kier molecular flexibility index (Phi) is 8.79. The third-order valence-corrected chi connectivity index (χ3v) is 7.93. The Morgan fingerprint density at radius 1 is 1.00 bits per heavy atom. The van der Waals surface area contributed by atoms with Crippen LogP contribution in [0.2, 0.25) is 0 Å². The van der Waals surface area contributed by atoms with Gasteiger partial charge < -0.3 is 10.2 Å². The highest BCUT2D eigenvalue weighted by atomic mass is 35.5. The van der Waals surface area contributed by atoms with E-state index in [0.29, 0.717) is 31.5 Å². The topological polar surface area (TPSA) is 69.7 Å². The fraction of sp³-hybridized carbons (Fsp3) is 0.650. The Labute approximate surface area is 186 Å². The second kappa shape index (κ2) is 10.4. The Bertz CT molecular complexity index is 778. The minimum atomic E-state index is -2.86. The molecule has 0 radical (unpaired) electrons. The van der Waals surface area contributed by atoms with Crippen LogP contribution in [0.5, 0.6) is 0 Å². The monoisotopic (exact) mass is 463 g/mol. The molecule has 3 aliphatic rings. The number of carbonyl (C=O) groups is 1. The van der Waals surface area contributed by atoms with Gasteiger partial charge >= 0.3 is 0 Å². The number of hydrogen-bond acceptors (Lipinski definition) is 5. The summed E-state index contributed by atoms with van der Waals surface area (Å²) >= 11 is 0. The summed E-state index contributed by atoms with van der Waals surface area (Å²) in [5.74, 6) is 2.02. The second-order valence-electron chi connectivity index (χ2n) is 8.18. The minimum absolute atomic E-state index is 0. The first-order valence-corrected chi connectivity index (χ1v) is 11.8. The molecule has 0 spiro atoms. The van der Waals surface area contributed by atoms with Gasteiger partial charge in [0.25, 0.3) is 5.91 Å². The molecule has 1 N–H and O–H groups in total. The molecule has 0 unspecified atom stereocenters. The van der Waals surface area contributed by atoms with Crippen molar-refractivity contribution < 1.29 is 13.2 Å².